The fourth-order valence-electron chi connectivity index (χ4n) is 3.47. The molecule has 1 atom stereocenters. The van der Waals surface area contributed by atoms with Gasteiger partial charge in [-0.2, -0.15) is 0 Å². The highest BCUT2D eigenvalue weighted by Crippen LogP contribution is 2.19. The molecule has 3 N–H and O–H groups in total. The van der Waals surface area contributed by atoms with Crippen molar-refractivity contribution in [2.75, 3.05) is 58.3 Å². The van der Waals surface area contributed by atoms with Crippen molar-refractivity contribution in [3.63, 3.8) is 0 Å². The van der Waals surface area contributed by atoms with Gasteiger partial charge in [0.05, 0.1) is 6.61 Å². The van der Waals surface area contributed by atoms with Gasteiger partial charge in [0.2, 0.25) is 5.91 Å². The number of aryl methyl sites for hydroxylation is 1. The monoisotopic (exact) mass is 389 g/mol. The number of carbonyl (C=O) groups is 3. The van der Waals surface area contributed by atoms with Gasteiger partial charge in [0.25, 0.3) is 5.91 Å². The van der Waals surface area contributed by atoms with Crippen LogP contribution in [0.15, 0.2) is 18.2 Å². The van der Waals surface area contributed by atoms with Gasteiger partial charge in [-0.1, -0.05) is 0 Å². The van der Waals surface area contributed by atoms with Crippen LogP contribution < -0.4 is 16.0 Å². The lowest BCUT2D eigenvalue weighted by atomic mass is 10.1. The van der Waals surface area contributed by atoms with E-state index in [0.29, 0.717) is 50.6 Å². The largest absolute Gasteiger partial charge is 0.383 e. The second-order valence-corrected chi connectivity index (χ2v) is 7.00. The van der Waals surface area contributed by atoms with Crippen molar-refractivity contribution in [2.45, 2.75) is 13.0 Å². The van der Waals surface area contributed by atoms with Gasteiger partial charge in [-0.05, 0) is 30.7 Å². The van der Waals surface area contributed by atoms with Crippen LogP contribution >= 0.6 is 0 Å². The molecule has 0 saturated carbocycles. The van der Waals surface area contributed by atoms with E-state index in [-0.39, 0.29) is 23.9 Å². The van der Waals surface area contributed by atoms with Crippen LogP contribution in [0.5, 0.6) is 0 Å². The molecule has 9 heteroatoms. The maximum absolute atomic E-state index is 12.7. The number of nitrogens with one attached hydrogen (secondary N) is 3. The first-order valence-corrected chi connectivity index (χ1v) is 9.45. The van der Waals surface area contributed by atoms with Crippen LogP contribution in [0.4, 0.5) is 10.5 Å². The molecular formula is C19H27N5O4. The fourth-order valence-corrected chi connectivity index (χ4v) is 3.47. The highest BCUT2D eigenvalue weighted by Gasteiger charge is 2.36. The number of nitrogens with zero attached hydrogens (tertiary/aromatic N) is 2. The first kappa shape index (κ1) is 20.1. The number of piperazine rings is 2. The fraction of sp³-hybridized carbons (Fsp3) is 0.526. The first-order valence-electron chi connectivity index (χ1n) is 9.45. The van der Waals surface area contributed by atoms with Crippen molar-refractivity contribution in [1.82, 2.24) is 20.4 Å². The Kier molecular flexibility index (Phi) is 6.48. The molecule has 1 unspecified atom stereocenters. The van der Waals surface area contributed by atoms with Gasteiger partial charge in [0, 0.05) is 57.6 Å². The quantitative estimate of drug-likeness (QED) is 0.616. The van der Waals surface area contributed by atoms with E-state index in [1.54, 1.807) is 30.2 Å². The summed E-state index contributed by atoms with van der Waals surface area (Å²) in [5, 5.41) is 8.51. The summed E-state index contributed by atoms with van der Waals surface area (Å²) in [7, 11) is 1.58. The van der Waals surface area contributed by atoms with E-state index < -0.39 is 0 Å². The summed E-state index contributed by atoms with van der Waals surface area (Å²) in [6.07, 6.45) is 0. The van der Waals surface area contributed by atoms with Crippen LogP contribution in [-0.4, -0.2) is 86.7 Å². The minimum atomic E-state index is -0.285. The number of rotatable bonds is 5. The third-order valence-electron chi connectivity index (χ3n) is 5.10. The van der Waals surface area contributed by atoms with Crippen LogP contribution in [0, 0.1) is 6.92 Å². The maximum Gasteiger partial charge on any atom is 0.321 e. The minimum Gasteiger partial charge on any atom is -0.383 e. The standard InChI is InChI=1S/C19H27N5O4/c1-13-11-14(17(25)21-6-10-28-2)3-4-15(13)22-19(27)24-9-8-23-7-5-20-18(26)16(23)12-24/h3-4,11,16H,5-10,12H2,1-2H3,(H,20,26)(H,21,25)(H,22,27). The van der Waals surface area contributed by atoms with Crippen LogP contribution in [-0.2, 0) is 9.53 Å². The number of ether oxygens (including phenoxy) is 1. The maximum atomic E-state index is 12.7. The van der Waals surface area contributed by atoms with E-state index in [4.69, 9.17) is 4.74 Å². The number of benzene rings is 1. The van der Waals surface area contributed by atoms with Gasteiger partial charge in [0.1, 0.15) is 6.04 Å². The van der Waals surface area contributed by atoms with Gasteiger partial charge < -0.3 is 25.6 Å². The number of anilines is 1. The molecule has 0 aliphatic carbocycles. The number of hydrogen-bond acceptors (Lipinski definition) is 5. The summed E-state index contributed by atoms with van der Waals surface area (Å²) in [5.74, 6) is -0.207. The Morgan fingerprint density at radius 1 is 1.29 bits per heavy atom. The minimum absolute atomic E-state index is 0.0243. The smallest absolute Gasteiger partial charge is 0.321 e. The molecule has 152 valence electrons. The Morgan fingerprint density at radius 3 is 2.86 bits per heavy atom. The Labute approximate surface area is 164 Å². The van der Waals surface area contributed by atoms with Crippen molar-refractivity contribution in [2.24, 2.45) is 0 Å². The second kappa shape index (κ2) is 9.03. The van der Waals surface area contributed by atoms with Gasteiger partial charge in [0.15, 0.2) is 0 Å². The molecule has 1 aromatic rings. The van der Waals surface area contributed by atoms with Crippen LogP contribution in [0.1, 0.15) is 15.9 Å². The number of hydrogen-bond donors (Lipinski definition) is 3. The summed E-state index contributed by atoms with van der Waals surface area (Å²) in [6.45, 7) is 5.84. The lowest BCUT2D eigenvalue weighted by Crippen LogP contribution is -2.64. The van der Waals surface area contributed by atoms with E-state index in [1.165, 1.54) is 0 Å². The molecular weight excluding hydrogens is 362 g/mol. The first-order chi connectivity index (χ1) is 13.5. The molecule has 2 saturated heterocycles. The van der Waals surface area contributed by atoms with Gasteiger partial charge >= 0.3 is 6.03 Å². The summed E-state index contributed by atoms with van der Waals surface area (Å²) in [4.78, 5) is 40.6. The summed E-state index contributed by atoms with van der Waals surface area (Å²) >= 11 is 0. The zero-order valence-electron chi connectivity index (χ0n) is 16.3. The molecule has 2 aliphatic heterocycles. The van der Waals surface area contributed by atoms with Crippen LogP contribution in [0.2, 0.25) is 0 Å². The Hall–Kier alpha value is -2.65. The zero-order chi connectivity index (χ0) is 20.1. The molecule has 0 spiro atoms. The molecule has 2 fully saturated rings. The van der Waals surface area contributed by atoms with E-state index >= 15 is 0 Å². The Balaban J connectivity index is 1.59. The summed E-state index contributed by atoms with van der Waals surface area (Å²) in [6, 6.07) is 4.62. The lowest BCUT2D eigenvalue weighted by molar-refractivity contribution is -0.131. The lowest BCUT2D eigenvalue weighted by Gasteiger charge is -2.42. The molecule has 0 bridgehead atoms. The molecule has 0 aromatic heterocycles. The molecule has 4 amide bonds. The average Bonchev–Trinajstić information content (AvgIpc) is 2.69. The predicted molar refractivity (Wildman–Crippen MR) is 104 cm³/mol. The normalized spacial score (nSPS) is 19.6. The second-order valence-electron chi connectivity index (χ2n) is 7.00. The Bertz CT molecular complexity index is 754. The molecule has 3 rings (SSSR count). The van der Waals surface area contributed by atoms with Gasteiger partial charge in [-0.15, -0.1) is 0 Å². The topological polar surface area (TPSA) is 103 Å². The summed E-state index contributed by atoms with van der Waals surface area (Å²) < 4.78 is 4.92. The van der Waals surface area contributed by atoms with Crippen LogP contribution in [0.3, 0.4) is 0 Å². The molecule has 2 heterocycles. The zero-order valence-corrected chi connectivity index (χ0v) is 16.3. The van der Waals surface area contributed by atoms with E-state index in [0.717, 1.165) is 12.1 Å². The highest BCUT2D eigenvalue weighted by molar-refractivity contribution is 5.96. The number of urea groups is 1. The predicted octanol–water partition coefficient (Wildman–Crippen LogP) is 0.0191. The number of amides is 4. The van der Waals surface area contributed by atoms with Crippen molar-refractivity contribution >= 4 is 23.5 Å². The average molecular weight is 389 g/mol. The number of carbonyl (C=O) groups excluding carboxylic acids is 3. The van der Waals surface area contributed by atoms with Gasteiger partial charge in [-0.3, -0.25) is 14.5 Å². The van der Waals surface area contributed by atoms with Crippen molar-refractivity contribution < 1.29 is 19.1 Å². The Morgan fingerprint density at radius 2 is 2.11 bits per heavy atom. The van der Waals surface area contributed by atoms with E-state index in [1.807, 2.05) is 6.92 Å². The third kappa shape index (κ3) is 4.60. The van der Waals surface area contributed by atoms with Crippen molar-refractivity contribution in [3.8, 4) is 0 Å². The van der Waals surface area contributed by atoms with E-state index in [2.05, 4.69) is 20.9 Å². The van der Waals surface area contributed by atoms with Crippen LogP contribution in [0.25, 0.3) is 0 Å². The molecule has 0 radical (unpaired) electrons. The van der Waals surface area contributed by atoms with Gasteiger partial charge in [-0.25, -0.2) is 4.79 Å². The number of fused-ring (bicyclic) bond motifs is 1. The third-order valence-corrected chi connectivity index (χ3v) is 5.10. The highest BCUT2D eigenvalue weighted by atomic mass is 16.5. The molecule has 2 aliphatic rings. The molecule has 28 heavy (non-hydrogen) atoms. The van der Waals surface area contributed by atoms with E-state index in [9.17, 15) is 14.4 Å². The molecule has 1 aromatic carbocycles. The van der Waals surface area contributed by atoms with Crippen molar-refractivity contribution in [3.05, 3.63) is 29.3 Å². The summed E-state index contributed by atoms with van der Waals surface area (Å²) in [5.41, 5.74) is 1.97. The molecule has 9 nitrogen and oxygen atoms in total. The number of methoxy groups -OCH3 is 1. The van der Waals surface area contributed by atoms with Crippen molar-refractivity contribution in [1.29, 1.82) is 0 Å². The SMILES string of the molecule is COCCNC(=O)c1ccc(NC(=O)N2CCN3CCNC(=O)C3C2)c(C)c1.